The molecule has 1 aliphatic carbocycles. The van der Waals surface area contributed by atoms with E-state index >= 15 is 0 Å². The van der Waals surface area contributed by atoms with Crippen LogP contribution in [0.5, 0.6) is 0 Å². The van der Waals surface area contributed by atoms with Crippen molar-refractivity contribution in [3.05, 3.63) is 35.4 Å². The largest absolute Gasteiger partial charge is 0.393 e. The van der Waals surface area contributed by atoms with Crippen LogP contribution in [0.2, 0.25) is 0 Å². The Balaban J connectivity index is 1.98. The molecule has 0 radical (unpaired) electrons. The zero-order chi connectivity index (χ0) is 10.7. The first-order chi connectivity index (χ1) is 7.29. The third kappa shape index (κ3) is 2.60. The van der Waals surface area contributed by atoms with Gasteiger partial charge in [-0.1, -0.05) is 37.6 Å². The molecule has 1 aromatic carbocycles. The first-order valence-corrected chi connectivity index (χ1v) is 6.05. The summed E-state index contributed by atoms with van der Waals surface area (Å²) < 4.78 is 0. The summed E-state index contributed by atoms with van der Waals surface area (Å²) >= 11 is 0. The third-order valence-corrected chi connectivity index (χ3v) is 3.55. The molecule has 82 valence electrons. The molecule has 0 saturated heterocycles. The smallest absolute Gasteiger partial charge is 0.0571 e. The number of hydrogen-bond donors (Lipinski definition) is 1. The van der Waals surface area contributed by atoms with E-state index in [0.29, 0.717) is 5.92 Å². The lowest BCUT2D eigenvalue weighted by atomic mass is 9.95. The summed E-state index contributed by atoms with van der Waals surface area (Å²) in [7, 11) is 0. The molecular weight excluding hydrogens is 184 g/mol. The van der Waals surface area contributed by atoms with Crippen LogP contribution in [0.1, 0.15) is 37.3 Å². The number of aliphatic hydroxyl groups is 1. The Morgan fingerprint density at radius 2 is 1.80 bits per heavy atom. The van der Waals surface area contributed by atoms with Crippen LogP contribution < -0.4 is 0 Å². The number of hydrogen-bond acceptors (Lipinski definition) is 1. The Hall–Kier alpha value is -0.820. The maximum atomic E-state index is 9.75. The molecule has 0 amide bonds. The number of aliphatic hydroxyl groups excluding tert-OH is 1. The van der Waals surface area contributed by atoms with Crippen molar-refractivity contribution in [2.24, 2.45) is 5.92 Å². The predicted octanol–water partition coefficient (Wildman–Crippen LogP) is 2.95. The van der Waals surface area contributed by atoms with E-state index in [1.807, 2.05) is 0 Å². The first-order valence-electron chi connectivity index (χ1n) is 6.05. The molecule has 1 aliphatic rings. The van der Waals surface area contributed by atoms with Gasteiger partial charge in [0.15, 0.2) is 0 Å². The molecule has 1 fully saturated rings. The highest BCUT2D eigenvalue weighted by Gasteiger charge is 2.24. The van der Waals surface area contributed by atoms with Crippen molar-refractivity contribution < 1.29 is 5.11 Å². The molecule has 1 aromatic rings. The van der Waals surface area contributed by atoms with E-state index in [-0.39, 0.29) is 6.10 Å². The Morgan fingerprint density at radius 1 is 1.13 bits per heavy atom. The predicted molar refractivity (Wildman–Crippen MR) is 62.9 cm³/mol. The quantitative estimate of drug-likeness (QED) is 0.802. The highest BCUT2D eigenvalue weighted by atomic mass is 16.3. The zero-order valence-corrected chi connectivity index (χ0v) is 9.45. The van der Waals surface area contributed by atoms with Crippen molar-refractivity contribution >= 4 is 0 Å². The summed E-state index contributed by atoms with van der Waals surface area (Å²) in [5, 5.41) is 9.75. The van der Waals surface area contributed by atoms with Crippen molar-refractivity contribution in [2.45, 2.75) is 45.1 Å². The van der Waals surface area contributed by atoms with Crippen molar-refractivity contribution in [2.75, 3.05) is 0 Å². The van der Waals surface area contributed by atoms with Gasteiger partial charge in [0.05, 0.1) is 6.10 Å². The second-order valence-corrected chi connectivity index (χ2v) is 4.63. The van der Waals surface area contributed by atoms with Crippen LogP contribution >= 0.6 is 0 Å². The Labute approximate surface area is 92.1 Å². The monoisotopic (exact) mass is 204 g/mol. The minimum atomic E-state index is -0.0594. The summed E-state index contributed by atoms with van der Waals surface area (Å²) in [6.45, 7) is 2.18. The summed E-state index contributed by atoms with van der Waals surface area (Å²) in [6.07, 6.45) is 5.47. The van der Waals surface area contributed by atoms with E-state index in [1.165, 1.54) is 24.0 Å². The van der Waals surface area contributed by atoms with Gasteiger partial charge in [-0.15, -0.1) is 0 Å². The van der Waals surface area contributed by atoms with Crippen LogP contribution in [0.3, 0.4) is 0 Å². The first kappa shape index (κ1) is 10.7. The molecule has 2 rings (SSSR count). The minimum Gasteiger partial charge on any atom is -0.393 e. The van der Waals surface area contributed by atoms with Gasteiger partial charge in [0.2, 0.25) is 0 Å². The van der Waals surface area contributed by atoms with Crippen LogP contribution in [-0.2, 0) is 12.8 Å². The van der Waals surface area contributed by atoms with Crippen LogP contribution in [0.4, 0.5) is 0 Å². The van der Waals surface area contributed by atoms with Gasteiger partial charge >= 0.3 is 0 Å². The highest BCUT2D eigenvalue weighted by molar-refractivity contribution is 5.23. The van der Waals surface area contributed by atoms with Crippen LogP contribution in [0.25, 0.3) is 0 Å². The third-order valence-electron chi connectivity index (χ3n) is 3.55. The molecule has 0 aromatic heterocycles. The van der Waals surface area contributed by atoms with E-state index in [1.54, 1.807) is 0 Å². The van der Waals surface area contributed by atoms with Crippen molar-refractivity contribution in [3.8, 4) is 0 Å². The van der Waals surface area contributed by atoms with Gasteiger partial charge in [-0.25, -0.2) is 0 Å². The molecule has 2 atom stereocenters. The average molecular weight is 204 g/mol. The Kier molecular flexibility index (Phi) is 3.42. The lowest BCUT2D eigenvalue weighted by molar-refractivity contribution is 0.132. The second kappa shape index (κ2) is 4.80. The SMILES string of the molecule is CCc1ccc(CC2CCCC2O)cc1. The fourth-order valence-electron chi connectivity index (χ4n) is 2.47. The number of rotatable bonds is 3. The van der Waals surface area contributed by atoms with Gasteiger partial charge in [0.1, 0.15) is 0 Å². The number of benzene rings is 1. The molecule has 1 heteroatoms. The Morgan fingerprint density at radius 3 is 2.33 bits per heavy atom. The van der Waals surface area contributed by atoms with Crippen LogP contribution in [0, 0.1) is 5.92 Å². The molecular formula is C14H20O. The fraction of sp³-hybridized carbons (Fsp3) is 0.571. The van der Waals surface area contributed by atoms with Crippen LogP contribution in [-0.4, -0.2) is 11.2 Å². The van der Waals surface area contributed by atoms with Gasteiger partial charge in [-0.2, -0.15) is 0 Å². The fourth-order valence-corrected chi connectivity index (χ4v) is 2.47. The molecule has 2 unspecified atom stereocenters. The summed E-state index contributed by atoms with van der Waals surface area (Å²) in [4.78, 5) is 0. The van der Waals surface area contributed by atoms with E-state index in [0.717, 1.165) is 19.3 Å². The average Bonchev–Trinajstić information content (AvgIpc) is 2.66. The minimum absolute atomic E-state index is 0.0594. The molecule has 15 heavy (non-hydrogen) atoms. The lowest BCUT2D eigenvalue weighted by Crippen LogP contribution is -2.15. The van der Waals surface area contributed by atoms with Gasteiger partial charge < -0.3 is 5.11 Å². The molecule has 1 saturated carbocycles. The van der Waals surface area contributed by atoms with Crippen LogP contribution in [0.15, 0.2) is 24.3 Å². The van der Waals surface area contributed by atoms with E-state index in [9.17, 15) is 5.11 Å². The molecule has 1 N–H and O–H groups in total. The molecule has 0 bridgehead atoms. The van der Waals surface area contributed by atoms with E-state index < -0.39 is 0 Å². The maximum Gasteiger partial charge on any atom is 0.0571 e. The standard InChI is InChI=1S/C14H20O/c1-2-11-6-8-12(9-7-11)10-13-4-3-5-14(13)15/h6-9,13-15H,2-5,10H2,1H3. The summed E-state index contributed by atoms with van der Waals surface area (Å²) in [6, 6.07) is 8.83. The molecule has 1 nitrogen and oxygen atoms in total. The summed E-state index contributed by atoms with van der Waals surface area (Å²) in [5.74, 6) is 0.498. The lowest BCUT2D eigenvalue weighted by Gasteiger charge is -2.14. The second-order valence-electron chi connectivity index (χ2n) is 4.63. The van der Waals surface area contributed by atoms with E-state index in [4.69, 9.17) is 0 Å². The van der Waals surface area contributed by atoms with Crippen molar-refractivity contribution in [1.82, 2.24) is 0 Å². The summed E-state index contributed by atoms with van der Waals surface area (Å²) in [5.41, 5.74) is 2.77. The van der Waals surface area contributed by atoms with Gasteiger partial charge in [0, 0.05) is 0 Å². The molecule has 0 aliphatic heterocycles. The van der Waals surface area contributed by atoms with E-state index in [2.05, 4.69) is 31.2 Å². The highest BCUT2D eigenvalue weighted by Crippen LogP contribution is 2.28. The topological polar surface area (TPSA) is 20.2 Å². The van der Waals surface area contributed by atoms with Gasteiger partial charge in [0.25, 0.3) is 0 Å². The normalized spacial score (nSPS) is 25.7. The molecule has 0 spiro atoms. The molecule has 0 heterocycles. The Bertz CT molecular complexity index is 302. The number of aryl methyl sites for hydroxylation is 1. The van der Waals surface area contributed by atoms with Gasteiger partial charge in [-0.3, -0.25) is 0 Å². The van der Waals surface area contributed by atoms with Gasteiger partial charge in [-0.05, 0) is 42.7 Å². The van der Waals surface area contributed by atoms with Crippen molar-refractivity contribution in [1.29, 1.82) is 0 Å². The maximum absolute atomic E-state index is 9.75. The van der Waals surface area contributed by atoms with Crippen molar-refractivity contribution in [3.63, 3.8) is 0 Å². The zero-order valence-electron chi connectivity index (χ0n) is 9.45.